The molecule has 5 nitrogen and oxygen atoms in total. The van der Waals surface area contributed by atoms with Crippen LogP contribution in [0.1, 0.15) is 25.7 Å². The Bertz CT molecular complexity index is 201. The third-order valence-electron chi connectivity index (χ3n) is 3.00. The van der Waals surface area contributed by atoms with E-state index in [9.17, 15) is 0 Å². The predicted octanol–water partition coefficient (Wildman–Crippen LogP) is 0.217. The normalized spacial score (nSPS) is 20.7. The van der Waals surface area contributed by atoms with E-state index >= 15 is 0 Å². The third-order valence-corrected chi connectivity index (χ3v) is 3.00. The lowest BCUT2D eigenvalue weighted by atomic mass is 9.98. The molecule has 0 aromatic rings. The van der Waals surface area contributed by atoms with E-state index in [0.717, 1.165) is 38.9 Å². The van der Waals surface area contributed by atoms with Crippen LogP contribution in [0, 0.1) is 5.92 Å². The summed E-state index contributed by atoms with van der Waals surface area (Å²) in [5.74, 6) is 0.797. The highest BCUT2D eigenvalue weighted by Crippen LogP contribution is 2.16. The molecule has 0 radical (unpaired) electrons. The molecular formula is C10H21N3O2. The molecule has 1 aliphatic heterocycles. The average molecular weight is 215 g/mol. The van der Waals surface area contributed by atoms with Crippen LogP contribution in [0.4, 0.5) is 0 Å². The summed E-state index contributed by atoms with van der Waals surface area (Å²) < 4.78 is 0. The number of nitrogens with two attached hydrogens (primary N) is 1. The highest BCUT2D eigenvalue weighted by atomic mass is 16.4. The predicted molar refractivity (Wildman–Crippen MR) is 58.9 cm³/mol. The van der Waals surface area contributed by atoms with Gasteiger partial charge in [0.05, 0.1) is 0 Å². The first-order valence-electron chi connectivity index (χ1n) is 5.56. The Hall–Kier alpha value is -0.810. The number of hydrogen-bond donors (Lipinski definition) is 3. The summed E-state index contributed by atoms with van der Waals surface area (Å²) in [5.41, 5.74) is 5.38. The minimum atomic E-state index is 0.306. The molecule has 0 bridgehead atoms. The molecule has 0 aliphatic carbocycles. The highest BCUT2D eigenvalue weighted by Gasteiger charge is 2.17. The van der Waals surface area contributed by atoms with E-state index in [1.165, 1.54) is 0 Å². The van der Waals surface area contributed by atoms with Crippen LogP contribution in [0.15, 0.2) is 5.16 Å². The molecule has 15 heavy (non-hydrogen) atoms. The van der Waals surface area contributed by atoms with Gasteiger partial charge in [-0.15, -0.1) is 0 Å². The smallest absolute Gasteiger partial charge is 0.139 e. The van der Waals surface area contributed by atoms with Gasteiger partial charge >= 0.3 is 0 Å². The van der Waals surface area contributed by atoms with Gasteiger partial charge in [0.25, 0.3) is 0 Å². The first kappa shape index (κ1) is 12.3. The summed E-state index contributed by atoms with van der Waals surface area (Å²) in [5, 5.41) is 20.3. The molecule has 4 N–H and O–H groups in total. The van der Waals surface area contributed by atoms with Crippen LogP contribution < -0.4 is 5.73 Å². The lowest BCUT2D eigenvalue weighted by Crippen LogP contribution is -2.35. The molecule has 0 atom stereocenters. The number of aliphatic hydroxyl groups excluding tert-OH is 1. The van der Waals surface area contributed by atoms with Crippen molar-refractivity contribution in [3.05, 3.63) is 0 Å². The Morgan fingerprint density at radius 1 is 1.40 bits per heavy atom. The van der Waals surface area contributed by atoms with Crippen molar-refractivity contribution in [1.29, 1.82) is 0 Å². The molecule has 0 spiro atoms. The van der Waals surface area contributed by atoms with E-state index in [-0.39, 0.29) is 0 Å². The summed E-state index contributed by atoms with van der Waals surface area (Å²) in [6.45, 7) is 3.43. The van der Waals surface area contributed by atoms with Crippen molar-refractivity contribution >= 4 is 5.84 Å². The Morgan fingerprint density at radius 3 is 2.60 bits per heavy atom. The number of amidine groups is 1. The molecule has 0 unspecified atom stereocenters. The third kappa shape index (κ3) is 4.48. The van der Waals surface area contributed by atoms with Crippen LogP contribution in [0.2, 0.25) is 0 Å². The molecule has 0 amide bonds. The van der Waals surface area contributed by atoms with E-state index in [1.54, 1.807) is 0 Å². The van der Waals surface area contributed by atoms with Crippen LogP contribution in [-0.2, 0) is 0 Å². The lowest BCUT2D eigenvalue weighted by Gasteiger charge is -2.30. The Balaban J connectivity index is 2.08. The van der Waals surface area contributed by atoms with Crippen LogP contribution in [-0.4, -0.2) is 47.3 Å². The Morgan fingerprint density at radius 2 is 2.07 bits per heavy atom. The van der Waals surface area contributed by atoms with Gasteiger partial charge in [-0.25, -0.2) is 0 Å². The lowest BCUT2D eigenvalue weighted by molar-refractivity contribution is 0.131. The Labute approximate surface area is 90.6 Å². The molecule has 1 rings (SSSR count). The number of aliphatic hydroxyl groups is 1. The Kier molecular flexibility index (Phi) is 5.42. The molecule has 0 aromatic carbocycles. The van der Waals surface area contributed by atoms with Crippen LogP contribution >= 0.6 is 0 Å². The van der Waals surface area contributed by atoms with Crippen molar-refractivity contribution in [1.82, 2.24) is 4.90 Å². The van der Waals surface area contributed by atoms with Crippen molar-refractivity contribution in [2.45, 2.75) is 25.7 Å². The zero-order valence-electron chi connectivity index (χ0n) is 9.10. The van der Waals surface area contributed by atoms with Gasteiger partial charge in [-0.3, -0.25) is 0 Å². The summed E-state index contributed by atoms with van der Waals surface area (Å²) in [6.07, 6.45) is 3.75. The fourth-order valence-electron chi connectivity index (χ4n) is 1.93. The largest absolute Gasteiger partial charge is 0.409 e. The minimum Gasteiger partial charge on any atom is -0.409 e. The molecule has 0 saturated carbocycles. The van der Waals surface area contributed by atoms with Crippen molar-refractivity contribution in [2.75, 3.05) is 26.2 Å². The van der Waals surface area contributed by atoms with Crippen molar-refractivity contribution in [3.8, 4) is 0 Å². The van der Waals surface area contributed by atoms with Gasteiger partial charge in [-0.2, -0.15) is 0 Å². The second kappa shape index (κ2) is 6.63. The topological polar surface area (TPSA) is 82.1 Å². The van der Waals surface area contributed by atoms with Gasteiger partial charge in [0.2, 0.25) is 0 Å². The van der Waals surface area contributed by atoms with Gasteiger partial charge in [0.1, 0.15) is 5.84 Å². The van der Waals surface area contributed by atoms with E-state index in [0.29, 0.717) is 24.8 Å². The molecule has 88 valence electrons. The second-order valence-corrected chi connectivity index (χ2v) is 4.16. The quantitative estimate of drug-likeness (QED) is 0.265. The fraction of sp³-hybridized carbons (Fsp3) is 0.900. The van der Waals surface area contributed by atoms with Gasteiger partial charge < -0.3 is 20.9 Å². The number of piperidine rings is 1. The fourth-order valence-corrected chi connectivity index (χ4v) is 1.93. The monoisotopic (exact) mass is 215 g/mol. The number of likely N-dealkylation sites (tertiary alicyclic amines) is 1. The van der Waals surface area contributed by atoms with Gasteiger partial charge in [0.15, 0.2) is 0 Å². The summed E-state index contributed by atoms with van der Waals surface area (Å²) in [7, 11) is 0. The van der Waals surface area contributed by atoms with Crippen molar-refractivity contribution in [3.63, 3.8) is 0 Å². The number of nitrogens with zero attached hydrogens (tertiary/aromatic N) is 2. The number of hydrogen-bond acceptors (Lipinski definition) is 4. The summed E-state index contributed by atoms with van der Waals surface area (Å²) in [6, 6.07) is 0. The number of rotatable bonds is 5. The molecule has 1 saturated heterocycles. The zero-order valence-corrected chi connectivity index (χ0v) is 9.10. The SMILES string of the molecule is N/C(CCCN1CCC(CO)CC1)=N\O. The van der Waals surface area contributed by atoms with Crippen molar-refractivity contribution in [2.24, 2.45) is 16.8 Å². The van der Waals surface area contributed by atoms with Crippen LogP contribution in [0.5, 0.6) is 0 Å². The first-order chi connectivity index (χ1) is 7.26. The molecule has 1 heterocycles. The van der Waals surface area contributed by atoms with Gasteiger partial charge in [-0.05, 0) is 44.8 Å². The maximum atomic E-state index is 8.98. The zero-order chi connectivity index (χ0) is 11.1. The minimum absolute atomic E-state index is 0.306. The molecular weight excluding hydrogens is 194 g/mol. The maximum Gasteiger partial charge on any atom is 0.139 e. The highest BCUT2D eigenvalue weighted by molar-refractivity contribution is 5.79. The van der Waals surface area contributed by atoms with Gasteiger partial charge in [0, 0.05) is 13.0 Å². The average Bonchev–Trinajstić information content (AvgIpc) is 2.29. The first-order valence-corrected chi connectivity index (χ1v) is 5.56. The number of oxime groups is 1. The van der Waals surface area contributed by atoms with Crippen molar-refractivity contribution < 1.29 is 10.3 Å². The van der Waals surface area contributed by atoms with E-state index in [1.807, 2.05) is 0 Å². The standard InChI is InChI=1S/C10H21N3O2/c11-10(12-15)2-1-5-13-6-3-9(8-14)4-7-13/h9,14-15H,1-8H2,(H2,11,12). The maximum absolute atomic E-state index is 8.98. The molecule has 1 aliphatic rings. The summed E-state index contributed by atoms with van der Waals surface area (Å²) >= 11 is 0. The van der Waals surface area contributed by atoms with E-state index in [2.05, 4.69) is 10.1 Å². The van der Waals surface area contributed by atoms with Gasteiger partial charge in [-0.1, -0.05) is 5.16 Å². The van der Waals surface area contributed by atoms with E-state index < -0.39 is 0 Å². The molecule has 1 fully saturated rings. The van der Waals surface area contributed by atoms with Crippen LogP contribution in [0.3, 0.4) is 0 Å². The summed E-state index contributed by atoms with van der Waals surface area (Å²) in [4.78, 5) is 2.37. The van der Waals surface area contributed by atoms with Crippen LogP contribution in [0.25, 0.3) is 0 Å². The molecule has 5 heteroatoms. The molecule has 0 aromatic heterocycles. The van der Waals surface area contributed by atoms with E-state index in [4.69, 9.17) is 16.0 Å². The second-order valence-electron chi connectivity index (χ2n) is 4.16.